The first-order valence-corrected chi connectivity index (χ1v) is 9.67. The molecule has 0 atom stereocenters. The monoisotopic (exact) mass is 424 g/mol. The Balaban J connectivity index is 1.81. The number of halogens is 3. The van der Waals surface area contributed by atoms with Crippen LogP contribution in [0.2, 0.25) is 0 Å². The highest BCUT2D eigenvalue weighted by Gasteiger charge is 2.38. The van der Waals surface area contributed by atoms with Crippen molar-refractivity contribution in [3.05, 3.63) is 53.6 Å². The molecule has 156 valence electrons. The smallest absolute Gasteiger partial charge is 0.416 e. The van der Waals surface area contributed by atoms with Crippen LogP contribution >= 0.6 is 12.2 Å². The first-order valence-electron chi connectivity index (χ1n) is 9.26. The molecule has 0 aromatic heterocycles. The summed E-state index contributed by atoms with van der Waals surface area (Å²) < 4.78 is 50.1. The average molecular weight is 424 g/mol. The minimum Gasteiger partial charge on any atom is -0.493 e. The van der Waals surface area contributed by atoms with Gasteiger partial charge in [0.25, 0.3) is 0 Å². The van der Waals surface area contributed by atoms with Crippen molar-refractivity contribution in [2.24, 2.45) is 0 Å². The summed E-state index contributed by atoms with van der Waals surface area (Å²) in [5, 5.41) is 6.72. The van der Waals surface area contributed by atoms with Gasteiger partial charge in [-0.05, 0) is 54.9 Å². The minimum absolute atomic E-state index is 0.344. The molecule has 0 aliphatic heterocycles. The van der Waals surface area contributed by atoms with Gasteiger partial charge >= 0.3 is 6.18 Å². The Kier molecular flexibility index (Phi) is 6.21. The molecule has 29 heavy (non-hydrogen) atoms. The fraction of sp³-hybridized carbons (Fsp3) is 0.381. The van der Waals surface area contributed by atoms with Gasteiger partial charge in [-0.1, -0.05) is 25.0 Å². The highest BCUT2D eigenvalue weighted by Crippen LogP contribution is 2.41. The molecule has 0 amide bonds. The normalized spacial score (nSPS) is 15.6. The Labute approximate surface area is 173 Å². The summed E-state index contributed by atoms with van der Waals surface area (Å²) in [5.41, 5.74) is 0.0162. The standard InChI is InChI=1S/C21H23F3N2O2S/c1-27-17-9-8-16(13-18(17)28-2)25-19(29)26-20(10-3-4-11-20)14-6-5-7-15(12-14)21(22,23)24/h5-9,12-13H,3-4,10-11H2,1-2H3,(H2,25,26,29). The van der Waals surface area contributed by atoms with Crippen LogP contribution in [0, 0.1) is 0 Å². The van der Waals surface area contributed by atoms with Gasteiger partial charge in [0, 0.05) is 11.8 Å². The van der Waals surface area contributed by atoms with Crippen LogP contribution < -0.4 is 20.1 Å². The van der Waals surface area contributed by atoms with E-state index in [1.807, 2.05) is 0 Å². The number of hydrogen-bond acceptors (Lipinski definition) is 3. The molecule has 1 saturated carbocycles. The zero-order chi connectivity index (χ0) is 21.1. The summed E-state index contributed by atoms with van der Waals surface area (Å²) in [4.78, 5) is 0. The molecule has 1 aliphatic rings. The molecule has 0 bridgehead atoms. The molecule has 2 N–H and O–H groups in total. The quantitative estimate of drug-likeness (QED) is 0.623. The molecule has 2 aromatic carbocycles. The number of nitrogens with one attached hydrogen (secondary N) is 2. The molecule has 0 saturated heterocycles. The van der Waals surface area contributed by atoms with Crippen LogP contribution in [0.15, 0.2) is 42.5 Å². The molecule has 4 nitrogen and oxygen atoms in total. The molecule has 0 unspecified atom stereocenters. The summed E-state index contributed by atoms with van der Waals surface area (Å²) in [6.07, 6.45) is -1.12. The maximum Gasteiger partial charge on any atom is 0.416 e. The molecule has 1 aliphatic carbocycles. The number of ether oxygens (including phenoxy) is 2. The van der Waals surface area contributed by atoms with Crippen molar-refractivity contribution in [3.63, 3.8) is 0 Å². The zero-order valence-corrected chi connectivity index (χ0v) is 17.0. The molecule has 8 heteroatoms. The van der Waals surface area contributed by atoms with Gasteiger partial charge in [0.1, 0.15) is 0 Å². The van der Waals surface area contributed by atoms with Crippen LogP contribution in [0.4, 0.5) is 18.9 Å². The number of rotatable bonds is 5. The molecule has 0 radical (unpaired) electrons. The van der Waals surface area contributed by atoms with E-state index in [2.05, 4.69) is 10.6 Å². The van der Waals surface area contributed by atoms with Crippen molar-refractivity contribution in [2.75, 3.05) is 19.5 Å². The molecule has 2 aromatic rings. The van der Waals surface area contributed by atoms with E-state index in [4.69, 9.17) is 21.7 Å². The summed E-state index contributed by atoms with van der Waals surface area (Å²) >= 11 is 5.48. The average Bonchev–Trinajstić information content (AvgIpc) is 3.16. The van der Waals surface area contributed by atoms with E-state index in [1.165, 1.54) is 12.1 Å². The van der Waals surface area contributed by atoms with Gasteiger partial charge in [0.05, 0.1) is 25.3 Å². The second-order valence-electron chi connectivity index (χ2n) is 7.02. The zero-order valence-electron chi connectivity index (χ0n) is 16.2. The third kappa shape index (κ3) is 4.75. The van der Waals surface area contributed by atoms with E-state index in [0.717, 1.165) is 18.9 Å². The maximum atomic E-state index is 13.2. The fourth-order valence-corrected chi connectivity index (χ4v) is 4.06. The van der Waals surface area contributed by atoms with E-state index in [9.17, 15) is 13.2 Å². The summed E-state index contributed by atoms with van der Waals surface area (Å²) in [6.45, 7) is 0. The van der Waals surface area contributed by atoms with E-state index >= 15 is 0 Å². The first kappa shape index (κ1) is 21.2. The van der Waals surface area contributed by atoms with Crippen molar-refractivity contribution in [3.8, 4) is 11.5 Å². The first-order chi connectivity index (χ1) is 13.8. The van der Waals surface area contributed by atoms with Crippen LogP contribution in [0.25, 0.3) is 0 Å². The Morgan fingerprint density at radius 2 is 1.69 bits per heavy atom. The third-order valence-corrected chi connectivity index (χ3v) is 5.40. The van der Waals surface area contributed by atoms with Crippen LogP contribution in [0.3, 0.4) is 0 Å². The lowest BCUT2D eigenvalue weighted by Gasteiger charge is -2.33. The molecular weight excluding hydrogens is 401 g/mol. The summed E-state index contributed by atoms with van der Waals surface area (Å²) in [5.74, 6) is 1.14. The van der Waals surface area contributed by atoms with Crippen LogP contribution in [0.1, 0.15) is 36.8 Å². The number of benzene rings is 2. The Hall–Kier alpha value is -2.48. The lowest BCUT2D eigenvalue weighted by atomic mass is 9.87. The maximum absolute atomic E-state index is 13.2. The second kappa shape index (κ2) is 8.49. The van der Waals surface area contributed by atoms with E-state index < -0.39 is 17.3 Å². The van der Waals surface area contributed by atoms with Crippen LogP contribution in [0.5, 0.6) is 11.5 Å². The summed E-state index contributed by atoms with van der Waals surface area (Å²) in [6, 6.07) is 10.8. The van der Waals surface area contributed by atoms with Crippen molar-refractivity contribution in [2.45, 2.75) is 37.4 Å². The number of methoxy groups -OCH3 is 2. The van der Waals surface area contributed by atoms with Crippen molar-refractivity contribution in [1.82, 2.24) is 5.32 Å². The van der Waals surface area contributed by atoms with E-state index in [1.54, 1.807) is 38.5 Å². The van der Waals surface area contributed by atoms with E-state index in [0.29, 0.717) is 40.7 Å². The van der Waals surface area contributed by atoms with E-state index in [-0.39, 0.29) is 0 Å². The third-order valence-electron chi connectivity index (χ3n) is 5.19. The van der Waals surface area contributed by atoms with Gasteiger partial charge in [-0.25, -0.2) is 0 Å². The van der Waals surface area contributed by atoms with Gasteiger partial charge in [0.2, 0.25) is 0 Å². The Bertz CT molecular complexity index is 880. The van der Waals surface area contributed by atoms with Crippen molar-refractivity contribution in [1.29, 1.82) is 0 Å². The Morgan fingerprint density at radius 1 is 1.00 bits per heavy atom. The highest BCUT2D eigenvalue weighted by atomic mass is 32.1. The highest BCUT2D eigenvalue weighted by molar-refractivity contribution is 7.80. The number of thiocarbonyl (C=S) groups is 1. The molecule has 1 fully saturated rings. The van der Waals surface area contributed by atoms with Crippen LogP contribution in [-0.2, 0) is 11.7 Å². The van der Waals surface area contributed by atoms with Crippen LogP contribution in [-0.4, -0.2) is 19.3 Å². The van der Waals surface area contributed by atoms with Gasteiger partial charge < -0.3 is 20.1 Å². The lowest BCUT2D eigenvalue weighted by Crippen LogP contribution is -2.45. The SMILES string of the molecule is COc1ccc(NC(=S)NC2(c3cccc(C(F)(F)F)c3)CCCC2)cc1OC. The molecule has 3 rings (SSSR count). The predicted molar refractivity (Wildman–Crippen MR) is 110 cm³/mol. The van der Waals surface area contributed by atoms with Gasteiger partial charge in [-0.15, -0.1) is 0 Å². The van der Waals surface area contributed by atoms with Crippen molar-refractivity contribution < 1.29 is 22.6 Å². The molecule has 0 heterocycles. The number of alkyl halides is 3. The number of hydrogen-bond donors (Lipinski definition) is 2. The van der Waals surface area contributed by atoms with Gasteiger partial charge in [-0.3, -0.25) is 0 Å². The lowest BCUT2D eigenvalue weighted by molar-refractivity contribution is -0.137. The molecular formula is C21H23F3N2O2S. The largest absolute Gasteiger partial charge is 0.493 e. The predicted octanol–water partition coefficient (Wildman–Crippen LogP) is 5.48. The fourth-order valence-electron chi connectivity index (χ4n) is 3.75. The minimum atomic E-state index is -4.38. The van der Waals surface area contributed by atoms with Crippen molar-refractivity contribution >= 4 is 23.0 Å². The van der Waals surface area contributed by atoms with Gasteiger partial charge in [0.15, 0.2) is 16.6 Å². The Morgan fingerprint density at radius 3 is 2.31 bits per heavy atom. The number of anilines is 1. The topological polar surface area (TPSA) is 42.5 Å². The second-order valence-corrected chi connectivity index (χ2v) is 7.42. The van der Waals surface area contributed by atoms with Gasteiger partial charge in [-0.2, -0.15) is 13.2 Å². The molecule has 0 spiro atoms. The summed E-state index contributed by atoms with van der Waals surface area (Å²) in [7, 11) is 3.09.